The standard InChI is InChI=1S/C41H56N2O10S/c1-5-22-51-41-37(43(40(47)48-2)18-23-50-24-21-46)27-35(42-49-3)33-25-28(10-6-8-19-44)32(11-7-9-20-45)38(39(33)41)34-26-30(14-17-36(34)53-41)52-29-12-15-31(54-4)16-13-29/h5,12-17,25-26,28,32,37-39,44-46H,1,6-11,18-24,27H2,2-4H3. The van der Waals surface area contributed by atoms with Crippen LogP contribution in [0, 0.1) is 17.8 Å². The van der Waals surface area contributed by atoms with Gasteiger partial charge in [-0.2, -0.15) is 0 Å². The number of aliphatic hydroxyl groups is 3. The normalized spacial score (nSPS) is 24.8. The van der Waals surface area contributed by atoms with Crippen LogP contribution >= 0.6 is 11.8 Å². The number of hydrogen-bond acceptors (Lipinski definition) is 12. The second-order valence-corrected chi connectivity index (χ2v) is 14.6. The van der Waals surface area contributed by atoms with Crippen molar-refractivity contribution >= 4 is 23.6 Å². The Kier molecular flexibility index (Phi) is 15.7. The van der Waals surface area contributed by atoms with Crippen LogP contribution in [0.4, 0.5) is 4.79 Å². The van der Waals surface area contributed by atoms with Crippen molar-refractivity contribution in [3.05, 3.63) is 72.3 Å². The number of thioether (sulfide) groups is 1. The minimum absolute atomic E-state index is 0.0662. The molecule has 1 saturated carbocycles. The zero-order valence-electron chi connectivity index (χ0n) is 31.7. The number of aliphatic hydroxyl groups excluding tert-OH is 3. The molecule has 54 heavy (non-hydrogen) atoms. The Hall–Kier alpha value is -3.59. The first-order valence-corrected chi connectivity index (χ1v) is 20.1. The summed E-state index contributed by atoms with van der Waals surface area (Å²) in [6, 6.07) is 13.1. The van der Waals surface area contributed by atoms with Crippen LogP contribution < -0.4 is 9.47 Å². The van der Waals surface area contributed by atoms with Crippen molar-refractivity contribution in [3.63, 3.8) is 0 Å². The quantitative estimate of drug-likeness (QED) is 0.0550. The summed E-state index contributed by atoms with van der Waals surface area (Å²) in [5.41, 5.74) is 2.56. The van der Waals surface area contributed by atoms with E-state index in [1.54, 1.807) is 22.7 Å². The van der Waals surface area contributed by atoms with Crippen molar-refractivity contribution in [2.75, 3.05) is 66.7 Å². The van der Waals surface area contributed by atoms with E-state index in [9.17, 15) is 20.1 Å². The third-order valence-corrected chi connectivity index (χ3v) is 11.4. The van der Waals surface area contributed by atoms with Crippen LogP contribution in [0.15, 0.2) is 76.8 Å². The van der Waals surface area contributed by atoms with Crippen LogP contribution in [0.5, 0.6) is 17.2 Å². The van der Waals surface area contributed by atoms with E-state index >= 15 is 0 Å². The van der Waals surface area contributed by atoms with E-state index in [1.165, 1.54) is 14.2 Å². The van der Waals surface area contributed by atoms with E-state index in [-0.39, 0.29) is 70.4 Å². The number of methoxy groups -OCH3 is 1. The SMILES string of the molecule is C=CCOC12Oc3ccc(Oc4ccc(SC)cc4)cc3C3C(CCCCO)C(CCCCO)C=C(C(=NOC)CC1N(CCOCCO)C(=O)OC)C32. The van der Waals surface area contributed by atoms with Crippen LogP contribution in [0.2, 0.25) is 0 Å². The number of unbranched alkanes of at least 4 members (excludes halogenated alkanes) is 2. The molecule has 0 radical (unpaired) electrons. The Labute approximate surface area is 323 Å². The molecule has 0 aromatic heterocycles. The molecule has 6 atom stereocenters. The van der Waals surface area contributed by atoms with Crippen molar-refractivity contribution in [3.8, 4) is 17.2 Å². The molecule has 1 fully saturated rings. The van der Waals surface area contributed by atoms with E-state index < -0.39 is 23.8 Å². The van der Waals surface area contributed by atoms with Gasteiger partial charge in [-0.15, -0.1) is 18.3 Å². The van der Waals surface area contributed by atoms with Gasteiger partial charge in [0.25, 0.3) is 0 Å². The average Bonchev–Trinajstić information content (AvgIpc) is 3.19. The van der Waals surface area contributed by atoms with Crippen LogP contribution in [0.1, 0.15) is 56.4 Å². The maximum absolute atomic E-state index is 13.7. The van der Waals surface area contributed by atoms with Gasteiger partial charge in [-0.1, -0.05) is 30.1 Å². The lowest BCUT2D eigenvalue weighted by atomic mass is 9.55. The summed E-state index contributed by atoms with van der Waals surface area (Å²) >= 11 is 1.67. The molecule has 3 aliphatic rings. The second kappa shape index (κ2) is 20.4. The second-order valence-electron chi connectivity index (χ2n) is 13.7. The molecule has 1 amide bonds. The lowest BCUT2D eigenvalue weighted by Crippen LogP contribution is -2.70. The Balaban J connectivity index is 1.73. The van der Waals surface area contributed by atoms with E-state index in [1.807, 2.05) is 42.7 Å². The minimum atomic E-state index is -1.42. The first-order valence-electron chi connectivity index (χ1n) is 18.9. The first-order chi connectivity index (χ1) is 26.4. The predicted octanol–water partition coefficient (Wildman–Crippen LogP) is 6.54. The number of carbonyl (C=O) groups excluding carboxylic acids is 1. The minimum Gasteiger partial charge on any atom is -0.459 e. The number of carbonyl (C=O) groups is 1. The van der Waals surface area contributed by atoms with Crippen LogP contribution in [0.3, 0.4) is 0 Å². The number of ether oxygens (including phenoxy) is 5. The van der Waals surface area contributed by atoms with Gasteiger partial charge in [-0.05, 0) is 91.8 Å². The molecule has 2 aromatic rings. The Bertz CT molecular complexity index is 1590. The third kappa shape index (κ3) is 9.26. The van der Waals surface area contributed by atoms with Crippen molar-refractivity contribution in [1.82, 2.24) is 4.90 Å². The van der Waals surface area contributed by atoms with Gasteiger partial charge in [-0.3, -0.25) is 4.90 Å². The fourth-order valence-electron chi connectivity index (χ4n) is 8.42. The van der Waals surface area contributed by atoms with Crippen molar-refractivity contribution in [1.29, 1.82) is 0 Å². The number of allylic oxidation sites excluding steroid dienone is 1. The van der Waals surface area contributed by atoms with Gasteiger partial charge in [0.2, 0.25) is 5.79 Å². The largest absolute Gasteiger partial charge is 0.459 e. The Morgan fingerprint density at radius 1 is 1.02 bits per heavy atom. The molecular weight excluding hydrogens is 713 g/mol. The molecule has 6 unspecified atom stereocenters. The molecule has 296 valence electrons. The average molecular weight is 769 g/mol. The number of rotatable bonds is 21. The maximum atomic E-state index is 13.7. The van der Waals surface area contributed by atoms with Gasteiger partial charge in [0, 0.05) is 42.6 Å². The zero-order chi connectivity index (χ0) is 38.5. The van der Waals surface area contributed by atoms with E-state index in [2.05, 4.69) is 23.9 Å². The predicted molar refractivity (Wildman–Crippen MR) is 207 cm³/mol. The summed E-state index contributed by atoms with van der Waals surface area (Å²) in [6.45, 7) is 4.55. The van der Waals surface area contributed by atoms with Crippen LogP contribution in [0.25, 0.3) is 0 Å². The van der Waals surface area contributed by atoms with Gasteiger partial charge < -0.3 is 43.8 Å². The van der Waals surface area contributed by atoms with Gasteiger partial charge in [-0.25, -0.2) is 4.79 Å². The molecule has 12 nitrogen and oxygen atoms in total. The van der Waals surface area contributed by atoms with E-state index in [0.717, 1.165) is 41.7 Å². The molecule has 0 spiro atoms. The molecule has 5 rings (SSSR count). The molecule has 0 bridgehead atoms. The van der Waals surface area contributed by atoms with Gasteiger partial charge in [0.1, 0.15) is 30.4 Å². The highest BCUT2D eigenvalue weighted by Gasteiger charge is 2.65. The lowest BCUT2D eigenvalue weighted by molar-refractivity contribution is -0.255. The molecule has 3 N–H and O–H groups in total. The molecule has 1 heterocycles. The summed E-state index contributed by atoms with van der Waals surface area (Å²) in [7, 11) is 2.85. The number of benzene rings is 2. The number of oxime groups is 1. The monoisotopic (exact) mass is 768 g/mol. The summed E-state index contributed by atoms with van der Waals surface area (Å²) in [5.74, 6) is 0.0653. The fraction of sp³-hybridized carbons (Fsp3) is 0.561. The lowest BCUT2D eigenvalue weighted by Gasteiger charge is -2.59. The van der Waals surface area contributed by atoms with Gasteiger partial charge in [0.15, 0.2) is 0 Å². The highest BCUT2D eigenvalue weighted by Crippen LogP contribution is 2.62. The number of amides is 1. The topological polar surface area (TPSA) is 149 Å². The Morgan fingerprint density at radius 3 is 2.43 bits per heavy atom. The highest BCUT2D eigenvalue weighted by molar-refractivity contribution is 7.98. The smallest absolute Gasteiger partial charge is 0.410 e. The summed E-state index contributed by atoms with van der Waals surface area (Å²) in [4.78, 5) is 21.9. The first kappa shape index (κ1) is 41.6. The molecule has 2 aromatic carbocycles. The molecule has 1 aliphatic heterocycles. The molecule has 2 aliphatic carbocycles. The van der Waals surface area contributed by atoms with Crippen LogP contribution in [-0.4, -0.2) is 111 Å². The maximum Gasteiger partial charge on any atom is 0.410 e. The Morgan fingerprint density at radius 2 is 1.76 bits per heavy atom. The molecular formula is C41H56N2O10S. The fourth-order valence-corrected chi connectivity index (χ4v) is 8.83. The van der Waals surface area contributed by atoms with Gasteiger partial charge >= 0.3 is 6.09 Å². The highest BCUT2D eigenvalue weighted by atomic mass is 32.2. The number of fused-ring (bicyclic) bond motifs is 2. The van der Waals surface area contributed by atoms with Crippen molar-refractivity contribution < 1.29 is 48.6 Å². The van der Waals surface area contributed by atoms with Crippen molar-refractivity contribution in [2.45, 2.75) is 67.6 Å². The van der Waals surface area contributed by atoms with E-state index in [4.69, 9.17) is 28.5 Å². The summed E-state index contributed by atoms with van der Waals surface area (Å²) in [6.07, 6.45) is 10.3. The molecule has 13 heteroatoms. The molecule has 0 saturated heterocycles. The summed E-state index contributed by atoms with van der Waals surface area (Å²) < 4.78 is 31.5. The van der Waals surface area contributed by atoms with Crippen LogP contribution in [-0.2, 0) is 19.0 Å². The van der Waals surface area contributed by atoms with Crippen molar-refractivity contribution in [2.24, 2.45) is 22.9 Å². The van der Waals surface area contributed by atoms with Gasteiger partial charge in [0.05, 0.1) is 45.2 Å². The number of nitrogens with zero attached hydrogens (tertiary/aromatic N) is 2. The summed E-state index contributed by atoms with van der Waals surface area (Å²) in [5, 5.41) is 33.6. The van der Waals surface area contributed by atoms with E-state index in [0.29, 0.717) is 35.8 Å². The third-order valence-electron chi connectivity index (χ3n) is 10.6. The zero-order valence-corrected chi connectivity index (χ0v) is 32.5. The number of hydrogen-bond donors (Lipinski definition) is 3.